The van der Waals surface area contributed by atoms with Crippen LogP contribution in [0.5, 0.6) is 5.75 Å². The van der Waals surface area contributed by atoms with E-state index in [0.29, 0.717) is 10.6 Å². The second kappa shape index (κ2) is 6.94. The summed E-state index contributed by atoms with van der Waals surface area (Å²) in [6, 6.07) is 10.3. The zero-order valence-electron chi connectivity index (χ0n) is 12.3. The molecule has 0 saturated carbocycles. The molecule has 2 aromatic carbocycles. The Balaban J connectivity index is 2.10. The van der Waals surface area contributed by atoms with Crippen LogP contribution >= 0.6 is 24.8 Å². The van der Waals surface area contributed by atoms with Crippen LogP contribution in [0.1, 0.15) is 32.6 Å². The van der Waals surface area contributed by atoms with Gasteiger partial charge in [-0.25, -0.2) is 0 Å². The quantitative estimate of drug-likeness (QED) is 0.657. The summed E-state index contributed by atoms with van der Waals surface area (Å²) in [5.74, 6) is 0.242. The van der Waals surface area contributed by atoms with Gasteiger partial charge in [0.05, 0.1) is 0 Å². The first-order valence-electron chi connectivity index (χ1n) is 6.68. The Morgan fingerprint density at radius 3 is 2.32 bits per heavy atom. The number of hydrogen-bond donors (Lipinski definition) is 2. The van der Waals surface area contributed by atoms with Gasteiger partial charge in [-0.1, -0.05) is 6.07 Å². The summed E-state index contributed by atoms with van der Waals surface area (Å²) in [6.45, 7) is 4.09. The summed E-state index contributed by atoms with van der Waals surface area (Å²) in [4.78, 5) is 11.1. The molecule has 0 spiro atoms. The Hall–Kier alpha value is -1.85. The zero-order valence-corrected chi connectivity index (χ0v) is 14.0. The Bertz CT molecular complexity index is 721. The molecule has 0 aromatic heterocycles. The van der Waals surface area contributed by atoms with Crippen LogP contribution in [0.2, 0.25) is 0 Å². The summed E-state index contributed by atoms with van der Waals surface area (Å²) >= 11 is 9.03. The van der Waals surface area contributed by atoms with E-state index >= 15 is 0 Å². The second-order valence-electron chi connectivity index (χ2n) is 4.96. The van der Waals surface area contributed by atoms with Crippen LogP contribution in [-0.2, 0) is 11.3 Å². The topological polar surface area (TPSA) is 46.5 Å². The third kappa shape index (κ3) is 3.67. The summed E-state index contributed by atoms with van der Waals surface area (Å²) in [6.07, 6.45) is 0. The van der Waals surface area contributed by atoms with E-state index in [1.54, 1.807) is 30.3 Å². The van der Waals surface area contributed by atoms with E-state index in [0.717, 1.165) is 22.3 Å². The number of carbonyl (C=O) groups is 1. The molecule has 1 N–H and O–H groups in total. The number of phenolic OH excluding ortho intramolecular Hbond substituents is 1. The maximum atomic E-state index is 11.1. The average Bonchev–Trinajstić information content (AvgIpc) is 2.51. The molecule has 0 aliphatic heterocycles. The van der Waals surface area contributed by atoms with Gasteiger partial charge >= 0.3 is 0 Å². The molecule has 0 aliphatic rings. The lowest BCUT2D eigenvalue weighted by molar-refractivity contribution is 0.109. The van der Waals surface area contributed by atoms with Gasteiger partial charge in [-0.2, -0.15) is 0 Å². The predicted octanol–water partition coefficient (Wildman–Crippen LogP) is 3.97. The van der Waals surface area contributed by atoms with Gasteiger partial charge in [0.1, 0.15) is 12.4 Å². The molecule has 2 rings (SSSR count). The Morgan fingerprint density at radius 1 is 1.14 bits per heavy atom. The van der Waals surface area contributed by atoms with Crippen molar-refractivity contribution in [3.05, 3.63) is 64.2 Å². The first-order chi connectivity index (χ1) is 10.4. The maximum absolute atomic E-state index is 11.1. The minimum absolute atomic E-state index is 0.242. The van der Waals surface area contributed by atoms with Gasteiger partial charge in [0.15, 0.2) is 5.05 Å². The Kier molecular flexibility index (Phi) is 5.21. The number of carbonyl (C=O) groups excluding carboxylic acids is 1. The monoisotopic (exact) mass is 332 g/mol. The smallest absolute Gasteiger partial charge is 0.216 e. The third-order valence-electron chi connectivity index (χ3n) is 3.52. The van der Waals surface area contributed by atoms with E-state index in [4.69, 9.17) is 17.0 Å². The molecule has 2 aromatic rings. The second-order valence-corrected chi connectivity index (χ2v) is 5.74. The fourth-order valence-corrected chi connectivity index (χ4v) is 2.42. The number of benzene rings is 2. The van der Waals surface area contributed by atoms with E-state index in [-0.39, 0.29) is 17.5 Å². The summed E-state index contributed by atoms with van der Waals surface area (Å²) < 4.78 is 5.65. The van der Waals surface area contributed by atoms with Crippen LogP contribution in [-0.4, -0.2) is 15.3 Å². The van der Waals surface area contributed by atoms with Crippen molar-refractivity contribution in [2.75, 3.05) is 0 Å². The van der Waals surface area contributed by atoms with Crippen molar-refractivity contribution in [2.45, 2.75) is 20.5 Å². The van der Waals surface area contributed by atoms with Crippen molar-refractivity contribution in [3.63, 3.8) is 0 Å². The van der Waals surface area contributed by atoms with Gasteiger partial charge in [-0.05, 0) is 73.1 Å². The van der Waals surface area contributed by atoms with E-state index in [1.165, 1.54) is 0 Å². The normalized spacial score (nSPS) is 10.3. The molecule has 0 fully saturated rings. The van der Waals surface area contributed by atoms with Crippen LogP contribution in [0.25, 0.3) is 0 Å². The van der Waals surface area contributed by atoms with E-state index in [2.05, 4.69) is 12.6 Å². The van der Waals surface area contributed by atoms with Gasteiger partial charge < -0.3 is 9.84 Å². The number of thiol groups is 1. The fourth-order valence-electron chi connectivity index (χ4n) is 2.07. The molecular formula is C17H16O3S2. The van der Waals surface area contributed by atoms with Crippen molar-refractivity contribution in [1.29, 1.82) is 0 Å². The lowest BCUT2D eigenvalue weighted by Crippen LogP contribution is -2.06. The van der Waals surface area contributed by atoms with Gasteiger partial charge in [-0.15, -0.1) is 12.6 Å². The number of rotatable bonds is 4. The van der Waals surface area contributed by atoms with E-state index in [1.807, 2.05) is 19.9 Å². The zero-order chi connectivity index (χ0) is 16.3. The molecule has 0 atom stereocenters. The molecule has 3 nitrogen and oxygen atoms in total. The van der Waals surface area contributed by atoms with Crippen LogP contribution in [0.3, 0.4) is 0 Å². The molecule has 0 radical (unpaired) electrons. The van der Waals surface area contributed by atoms with Crippen LogP contribution in [0.15, 0.2) is 36.4 Å². The van der Waals surface area contributed by atoms with Crippen LogP contribution in [0.4, 0.5) is 0 Å². The predicted molar refractivity (Wildman–Crippen MR) is 93.8 cm³/mol. The molecule has 0 amide bonds. The van der Waals surface area contributed by atoms with E-state index < -0.39 is 0 Å². The number of aromatic hydroxyl groups is 1. The number of phenols is 1. The van der Waals surface area contributed by atoms with Crippen molar-refractivity contribution >= 4 is 35.0 Å². The van der Waals surface area contributed by atoms with E-state index in [9.17, 15) is 9.90 Å². The van der Waals surface area contributed by atoms with Crippen LogP contribution < -0.4 is 0 Å². The molecule has 5 heteroatoms. The number of thiocarbonyl (C=S) groups is 1. The first-order valence-corrected chi connectivity index (χ1v) is 7.54. The molecule has 0 bridgehead atoms. The van der Waals surface area contributed by atoms with Crippen molar-refractivity contribution in [2.24, 2.45) is 0 Å². The lowest BCUT2D eigenvalue weighted by Gasteiger charge is -2.13. The molecule has 0 saturated heterocycles. The highest BCUT2D eigenvalue weighted by atomic mass is 32.1. The van der Waals surface area contributed by atoms with Crippen molar-refractivity contribution in [3.8, 4) is 5.75 Å². The molecule has 114 valence electrons. The average molecular weight is 332 g/mol. The van der Waals surface area contributed by atoms with Gasteiger partial charge in [0.2, 0.25) is 5.12 Å². The number of aryl methyl sites for hydroxylation is 1. The van der Waals surface area contributed by atoms with Gasteiger partial charge in [0, 0.05) is 11.1 Å². The highest BCUT2D eigenvalue weighted by Gasteiger charge is 2.10. The first kappa shape index (κ1) is 16.5. The maximum Gasteiger partial charge on any atom is 0.216 e. The number of ether oxygens (including phenoxy) is 1. The molecule has 0 heterocycles. The molecular weight excluding hydrogens is 316 g/mol. The molecule has 0 unspecified atom stereocenters. The fraction of sp³-hybridized carbons (Fsp3) is 0.176. The van der Waals surface area contributed by atoms with Crippen molar-refractivity contribution in [1.82, 2.24) is 0 Å². The highest BCUT2D eigenvalue weighted by molar-refractivity contribution is 7.97. The van der Waals surface area contributed by atoms with Gasteiger partial charge in [0.25, 0.3) is 0 Å². The molecule has 0 aliphatic carbocycles. The highest BCUT2D eigenvalue weighted by Crippen LogP contribution is 2.24. The lowest BCUT2D eigenvalue weighted by atomic mass is 10.0. The minimum Gasteiger partial charge on any atom is -0.508 e. The summed E-state index contributed by atoms with van der Waals surface area (Å²) in [7, 11) is 0. The SMILES string of the molecule is Cc1ccc(O)c(C)c1COC(=S)c1ccc(C(=O)S)cc1. The standard InChI is InChI=1S/C17H16O3S2/c1-10-3-8-15(18)11(2)14(10)9-20-17(22)13-6-4-12(5-7-13)16(19)21/h3-8,18H,9H2,1-2H3,(H,19,21). The van der Waals surface area contributed by atoms with Crippen molar-refractivity contribution < 1.29 is 14.6 Å². The van der Waals surface area contributed by atoms with Gasteiger partial charge in [-0.3, -0.25) is 4.79 Å². The number of hydrogen-bond acceptors (Lipinski definition) is 4. The van der Waals surface area contributed by atoms with Crippen LogP contribution in [0, 0.1) is 13.8 Å². The third-order valence-corrected chi connectivity index (χ3v) is 4.13. The largest absolute Gasteiger partial charge is 0.508 e. The Labute approximate surface area is 140 Å². The Morgan fingerprint density at radius 2 is 1.73 bits per heavy atom. The summed E-state index contributed by atoms with van der Waals surface area (Å²) in [5.41, 5.74) is 3.98. The molecule has 22 heavy (non-hydrogen) atoms. The minimum atomic E-state index is -0.288. The summed E-state index contributed by atoms with van der Waals surface area (Å²) in [5, 5.41) is 9.82.